The summed E-state index contributed by atoms with van der Waals surface area (Å²) < 4.78 is 13.4. The smallest absolute Gasteiger partial charge is 0.319 e. The van der Waals surface area contributed by atoms with Crippen LogP contribution in [-0.4, -0.2) is 25.0 Å². The molecule has 0 spiro atoms. The minimum atomic E-state index is -0.715. The molecule has 0 heterocycles. The van der Waals surface area contributed by atoms with Crippen molar-refractivity contribution in [3.8, 4) is 0 Å². The number of anilines is 1. The summed E-state index contributed by atoms with van der Waals surface area (Å²) in [5.41, 5.74) is -0.0455. The second-order valence-electron chi connectivity index (χ2n) is 3.36. The van der Waals surface area contributed by atoms with Gasteiger partial charge in [0, 0.05) is 6.54 Å². The second kappa shape index (κ2) is 6.80. The lowest BCUT2D eigenvalue weighted by molar-refractivity contribution is -0.119. The van der Waals surface area contributed by atoms with Crippen molar-refractivity contribution in [1.29, 1.82) is 0 Å². The summed E-state index contributed by atoms with van der Waals surface area (Å²) in [6.07, 6.45) is 0. The van der Waals surface area contributed by atoms with Gasteiger partial charge in [-0.2, -0.15) is 0 Å². The molecule has 1 rings (SSSR count). The van der Waals surface area contributed by atoms with Gasteiger partial charge >= 0.3 is 6.03 Å². The lowest BCUT2D eigenvalue weighted by Crippen LogP contribution is -2.38. The standard InChI is InChI=1S/C11H13ClFN3O2/c1-2-14-9(17)6-15-11(18)16-8-5-3-4-7(12)10(8)13/h3-5H,2,6H2,1H3,(H,14,17)(H2,15,16,18). The molecule has 1 aromatic rings. The molecule has 0 saturated carbocycles. The van der Waals surface area contributed by atoms with Crippen LogP contribution in [0.5, 0.6) is 0 Å². The maximum Gasteiger partial charge on any atom is 0.319 e. The van der Waals surface area contributed by atoms with E-state index in [4.69, 9.17) is 11.6 Å². The lowest BCUT2D eigenvalue weighted by Gasteiger charge is -2.08. The summed E-state index contributed by atoms with van der Waals surface area (Å²) in [5.74, 6) is -1.04. The van der Waals surface area contributed by atoms with Gasteiger partial charge in [0.2, 0.25) is 5.91 Å². The molecule has 0 aromatic heterocycles. The molecule has 7 heteroatoms. The van der Waals surface area contributed by atoms with E-state index in [1.807, 2.05) is 0 Å². The normalized spacial score (nSPS) is 9.72. The number of carbonyl (C=O) groups excluding carboxylic acids is 2. The highest BCUT2D eigenvalue weighted by molar-refractivity contribution is 6.31. The highest BCUT2D eigenvalue weighted by Crippen LogP contribution is 2.21. The van der Waals surface area contributed by atoms with Crippen molar-refractivity contribution in [2.45, 2.75) is 6.92 Å². The average Bonchev–Trinajstić information content (AvgIpc) is 2.33. The van der Waals surface area contributed by atoms with E-state index in [-0.39, 0.29) is 23.2 Å². The third kappa shape index (κ3) is 4.21. The SMILES string of the molecule is CCNC(=O)CNC(=O)Nc1cccc(Cl)c1F. The van der Waals surface area contributed by atoms with E-state index in [1.165, 1.54) is 18.2 Å². The van der Waals surface area contributed by atoms with Gasteiger partial charge in [0.1, 0.15) is 0 Å². The van der Waals surface area contributed by atoms with Crippen molar-refractivity contribution < 1.29 is 14.0 Å². The highest BCUT2D eigenvalue weighted by Gasteiger charge is 2.10. The number of hydrogen-bond donors (Lipinski definition) is 3. The summed E-state index contributed by atoms with van der Waals surface area (Å²) >= 11 is 5.56. The van der Waals surface area contributed by atoms with E-state index in [2.05, 4.69) is 16.0 Å². The van der Waals surface area contributed by atoms with Gasteiger partial charge in [-0.1, -0.05) is 17.7 Å². The van der Waals surface area contributed by atoms with Gasteiger partial charge in [0.15, 0.2) is 5.82 Å². The topological polar surface area (TPSA) is 70.2 Å². The average molecular weight is 274 g/mol. The summed E-state index contributed by atoms with van der Waals surface area (Å²) in [4.78, 5) is 22.4. The number of urea groups is 1. The van der Waals surface area contributed by atoms with Crippen LogP contribution in [0.1, 0.15) is 6.92 Å². The number of rotatable bonds is 4. The summed E-state index contributed by atoms with van der Waals surface area (Å²) in [7, 11) is 0. The largest absolute Gasteiger partial charge is 0.355 e. The van der Waals surface area contributed by atoms with Gasteiger partial charge in [-0.05, 0) is 19.1 Å². The van der Waals surface area contributed by atoms with Gasteiger partial charge < -0.3 is 16.0 Å². The molecule has 1 aromatic carbocycles. The number of nitrogens with one attached hydrogen (secondary N) is 3. The first-order chi connectivity index (χ1) is 8.54. The Morgan fingerprint density at radius 3 is 2.72 bits per heavy atom. The fourth-order valence-corrected chi connectivity index (χ4v) is 1.36. The molecule has 0 aliphatic rings. The Balaban J connectivity index is 2.50. The summed E-state index contributed by atoms with van der Waals surface area (Å²) in [5, 5.41) is 6.97. The van der Waals surface area contributed by atoms with Crippen molar-refractivity contribution in [2.75, 3.05) is 18.4 Å². The third-order valence-corrected chi connectivity index (χ3v) is 2.28. The van der Waals surface area contributed by atoms with Crippen LogP contribution in [0.25, 0.3) is 0 Å². The molecule has 0 aliphatic heterocycles. The zero-order valence-corrected chi connectivity index (χ0v) is 10.5. The highest BCUT2D eigenvalue weighted by atomic mass is 35.5. The van der Waals surface area contributed by atoms with Crippen LogP contribution in [0.3, 0.4) is 0 Å². The molecule has 18 heavy (non-hydrogen) atoms. The Morgan fingerprint density at radius 2 is 2.06 bits per heavy atom. The zero-order chi connectivity index (χ0) is 13.5. The number of amides is 3. The predicted molar refractivity (Wildman–Crippen MR) is 67.1 cm³/mol. The Labute approximate surface area is 109 Å². The molecule has 3 N–H and O–H groups in total. The van der Waals surface area contributed by atoms with Crippen molar-refractivity contribution in [3.05, 3.63) is 29.0 Å². The van der Waals surface area contributed by atoms with Crippen LogP contribution < -0.4 is 16.0 Å². The molecule has 0 fully saturated rings. The molecule has 5 nitrogen and oxygen atoms in total. The molecule has 0 unspecified atom stereocenters. The predicted octanol–water partition coefficient (Wildman–Crippen LogP) is 1.74. The molecule has 0 saturated heterocycles. The molecule has 0 aliphatic carbocycles. The molecular formula is C11H13ClFN3O2. The third-order valence-electron chi connectivity index (χ3n) is 1.98. The number of carbonyl (C=O) groups is 2. The molecule has 0 atom stereocenters. The summed E-state index contributed by atoms with van der Waals surface area (Å²) in [6.45, 7) is 2.06. The van der Waals surface area contributed by atoms with E-state index >= 15 is 0 Å². The molecular weight excluding hydrogens is 261 g/mol. The Bertz CT molecular complexity index is 454. The van der Waals surface area contributed by atoms with Crippen LogP contribution in [0.2, 0.25) is 5.02 Å². The minimum absolute atomic E-state index is 0.0455. The number of halogens is 2. The second-order valence-corrected chi connectivity index (χ2v) is 3.77. The lowest BCUT2D eigenvalue weighted by atomic mass is 10.3. The Morgan fingerprint density at radius 1 is 1.33 bits per heavy atom. The van der Waals surface area contributed by atoms with E-state index < -0.39 is 11.8 Å². The van der Waals surface area contributed by atoms with Crippen molar-refractivity contribution in [2.24, 2.45) is 0 Å². The zero-order valence-electron chi connectivity index (χ0n) is 9.72. The van der Waals surface area contributed by atoms with Gasteiger partial charge in [-0.25, -0.2) is 9.18 Å². The number of likely N-dealkylation sites (N-methyl/N-ethyl adjacent to an activating group) is 1. The fourth-order valence-electron chi connectivity index (χ4n) is 1.19. The molecule has 98 valence electrons. The first-order valence-corrected chi connectivity index (χ1v) is 5.68. The van der Waals surface area contributed by atoms with Gasteiger partial charge in [0.05, 0.1) is 17.3 Å². The van der Waals surface area contributed by atoms with Gasteiger partial charge in [-0.3, -0.25) is 4.79 Å². The van der Waals surface area contributed by atoms with E-state index in [1.54, 1.807) is 6.92 Å². The maximum atomic E-state index is 13.4. The molecule has 3 amide bonds. The van der Waals surface area contributed by atoms with Crippen LogP contribution >= 0.6 is 11.6 Å². The molecule has 0 bridgehead atoms. The van der Waals surface area contributed by atoms with Gasteiger partial charge in [-0.15, -0.1) is 0 Å². The Hall–Kier alpha value is -1.82. The monoisotopic (exact) mass is 273 g/mol. The quantitative estimate of drug-likeness (QED) is 0.782. The van der Waals surface area contributed by atoms with Crippen molar-refractivity contribution in [3.63, 3.8) is 0 Å². The van der Waals surface area contributed by atoms with Crippen molar-refractivity contribution in [1.82, 2.24) is 10.6 Å². The minimum Gasteiger partial charge on any atom is -0.355 e. The fraction of sp³-hybridized carbons (Fsp3) is 0.273. The van der Waals surface area contributed by atoms with Crippen molar-refractivity contribution >= 4 is 29.2 Å². The van der Waals surface area contributed by atoms with E-state index in [0.29, 0.717) is 6.54 Å². The van der Waals surface area contributed by atoms with Crippen LogP contribution in [0.4, 0.5) is 14.9 Å². The summed E-state index contributed by atoms with van der Waals surface area (Å²) in [6, 6.07) is 3.56. The first kappa shape index (κ1) is 14.2. The van der Waals surface area contributed by atoms with Crippen LogP contribution in [-0.2, 0) is 4.79 Å². The number of benzene rings is 1. The van der Waals surface area contributed by atoms with E-state index in [0.717, 1.165) is 0 Å². The molecule has 0 radical (unpaired) electrons. The van der Waals surface area contributed by atoms with Crippen LogP contribution in [0, 0.1) is 5.82 Å². The maximum absolute atomic E-state index is 13.4. The number of hydrogen-bond acceptors (Lipinski definition) is 2. The Kier molecular flexibility index (Phi) is 5.38. The first-order valence-electron chi connectivity index (χ1n) is 5.30. The van der Waals surface area contributed by atoms with Gasteiger partial charge in [0.25, 0.3) is 0 Å². The van der Waals surface area contributed by atoms with Crippen LogP contribution in [0.15, 0.2) is 18.2 Å². The van der Waals surface area contributed by atoms with E-state index in [9.17, 15) is 14.0 Å².